The van der Waals surface area contributed by atoms with Gasteiger partial charge in [-0.3, -0.25) is 0 Å². The average molecular weight is 388 g/mol. The van der Waals surface area contributed by atoms with Crippen molar-refractivity contribution in [3.63, 3.8) is 0 Å². The molecule has 0 aliphatic heterocycles. The lowest BCUT2D eigenvalue weighted by atomic mass is 9.82. The van der Waals surface area contributed by atoms with Crippen molar-refractivity contribution >= 4 is 23.7 Å². The van der Waals surface area contributed by atoms with Gasteiger partial charge in [-0.25, -0.2) is 14.0 Å². The van der Waals surface area contributed by atoms with Gasteiger partial charge in [-0.15, -0.1) is 0 Å². The van der Waals surface area contributed by atoms with Crippen LogP contribution >= 0.6 is 11.6 Å². The number of nitrogens with one attached hydrogen (secondary N) is 1. The lowest BCUT2D eigenvalue weighted by Gasteiger charge is -2.31. The summed E-state index contributed by atoms with van der Waals surface area (Å²) in [7, 11) is 0. The normalized spacial score (nSPS) is 13.9. The highest BCUT2D eigenvalue weighted by Crippen LogP contribution is 2.35. The zero-order valence-corrected chi connectivity index (χ0v) is 16.8. The van der Waals surface area contributed by atoms with Gasteiger partial charge >= 0.3 is 12.1 Å². The van der Waals surface area contributed by atoms with Crippen molar-refractivity contribution in [2.75, 3.05) is 6.61 Å². The summed E-state index contributed by atoms with van der Waals surface area (Å²) >= 11 is 6.20. The lowest BCUT2D eigenvalue weighted by molar-refractivity contribution is -0.146. The van der Waals surface area contributed by atoms with Crippen molar-refractivity contribution in [2.45, 2.75) is 59.1 Å². The summed E-state index contributed by atoms with van der Waals surface area (Å²) in [6, 6.07) is 3.16. The summed E-state index contributed by atoms with van der Waals surface area (Å²) in [5, 5.41) is 2.72. The summed E-state index contributed by atoms with van der Waals surface area (Å²) in [6.45, 7) is 10.5. The third kappa shape index (κ3) is 6.16. The van der Waals surface area contributed by atoms with Gasteiger partial charge in [0.1, 0.15) is 17.5 Å². The number of carbonyl (C=O) groups excluding carboxylic acids is 2. The molecule has 0 spiro atoms. The zero-order chi connectivity index (χ0) is 20.1. The molecule has 2 unspecified atom stereocenters. The van der Waals surface area contributed by atoms with Crippen LogP contribution in [0.15, 0.2) is 18.2 Å². The molecule has 0 aliphatic carbocycles. The Kier molecular flexibility index (Phi) is 7.87. The molecular weight excluding hydrogens is 361 g/mol. The molecule has 0 radical (unpaired) electrons. The highest BCUT2D eigenvalue weighted by Gasteiger charge is 2.38. The van der Waals surface area contributed by atoms with Crippen molar-refractivity contribution in [3.05, 3.63) is 34.6 Å². The van der Waals surface area contributed by atoms with Crippen LogP contribution in [0.5, 0.6) is 0 Å². The van der Waals surface area contributed by atoms with Crippen LogP contribution in [-0.2, 0) is 14.3 Å². The van der Waals surface area contributed by atoms with E-state index in [-0.39, 0.29) is 23.1 Å². The van der Waals surface area contributed by atoms with Gasteiger partial charge in [-0.05, 0) is 45.7 Å². The molecule has 1 aromatic rings. The molecule has 1 rings (SSSR count). The van der Waals surface area contributed by atoms with E-state index in [2.05, 4.69) is 5.32 Å². The minimum absolute atomic E-state index is 0.126. The largest absolute Gasteiger partial charge is 0.464 e. The van der Waals surface area contributed by atoms with Gasteiger partial charge < -0.3 is 14.8 Å². The zero-order valence-electron chi connectivity index (χ0n) is 16.1. The fraction of sp³-hybridized carbons (Fsp3) is 0.579. The van der Waals surface area contributed by atoms with E-state index in [4.69, 9.17) is 21.1 Å². The number of alkyl carbamates (subject to hydrolysis) is 1. The van der Waals surface area contributed by atoms with Crippen LogP contribution in [0, 0.1) is 11.7 Å². The van der Waals surface area contributed by atoms with E-state index < -0.39 is 35.4 Å². The molecule has 1 amide bonds. The minimum Gasteiger partial charge on any atom is -0.464 e. The Labute approximate surface area is 159 Å². The maximum Gasteiger partial charge on any atom is 0.408 e. The predicted molar refractivity (Wildman–Crippen MR) is 98.8 cm³/mol. The monoisotopic (exact) mass is 387 g/mol. The molecule has 26 heavy (non-hydrogen) atoms. The number of halogens is 2. The van der Waals surface area contributed by atoms with Gasteiger partial charge in [-0.2, -0.15) is 0 Å². The van der Waals surface area contributed by atoms with E-state index in [0.717, 1.165) is 0 Å². The van der Waals surface area contributed by atoms with Gasteiger partial charge in [0.25, 0.3) is 0 Å². The topological polar surface area (TPSA) is 64.6 Å². The third-order valence-corrected chi connectivity index (χ3v) is 3.95. The molecule has 0 heterocycles. The molecule has 2 atom stereocenters. The van der Waals surface area contributed by atoms with Crippen LogP contribution in [0.4, 0.5) is 9.18 Å². The number of hydrogen-bond donors (Lipinski definition) is 1. The molecule has 7 heteroatoms. The summed E-state index contributed by atoms with van der Waals surface area (Å²) in [5.41, 5.74) is -0.579. The number of amides is 1. The second-order valence-electron chi connectivity index (χ2n) is 7.28. The van der Waals surface area contributed by atoms with Gasteiger partial charge in [0.15, 0.2) is 0 Å². The van der Waals surface area contributed by atoms with E-state index in [1.807, 2.05) is 13.8 Å². The van der Waals surface area contributed by atoms with Crippen LogP contribution in [0.1, 0.15) is 53.0 Å². The quantitative estimate of drug-likeness (QED) is 0.720. The Morgan fingerprint density at radius 2 is 1.88 bits per heavy atom. The standard InChI is InChI=1S/C19H27ClFNO4/c1-7-25-17(23)16(22-18(24)26-19(4,5)6)14(11(2)3)15-12(20)9-8-10-13(15)21/h8-11,14,16H,7H2,1-6H3,(H,22,24). The average Bonchev–Trinajstić information content (AvgIpc) is 2.47. The van der Waals surface area contributed by atoms with Crippen LogP contribution in [0.25, 0.3) is 0 Å². The summed E-state index contributed by atoms with van der Waals surface area (Å²) in [6.07, 6.45) is -0.784. The second kappa shape index (κ2) is 9.21. The number of ether oxygens (including phenoxy) is 2. The first kappa shape index (κ1) is 22.2. The molecule has 1 aromatic carbocycles. The van der Waals surface area contributed by atoms with Crippen molar-refractivity contribution in [3.8, 4) is 0 Å². The number of hydrogen-bond acceptors (Lipinski definition) is 4. The second-order valence-corrected chi connectivity index (χ2v) is 7.69. The molecule has 1 N–H and O–H groups in total. The Hall–Kier alpha value is -1.82. The maximum atomic E-state index is 14.5. The Bertz CT molecular complexity index is 623. The molecule has 0 bridgehead atoms. The van der Waals surface area contributed by atoms with Gasteiger partial charge in [0.2, 0.25) is 0 Å². The number of carbonyl (C=O) groups is 2. The minimum atomic E-state index is -1.14. The van der Waals surface area contributed by atoms with Crippen LogP contribution in [-0.4, -0.2) is 30.3 Å². The predicted octanol–water partition coefficient (Wildman–Crippen LogP) is 4.68. The fourth-order valence-electron chi connectivity index (χ4n) is 2.68. The highest BCUT2D eigenvalue weighted by molar-refractivity contribution is 6.31. The molecular formula is C19H27ClFNO4. The molecule has 0 fully saturated rings. The van der Waals surface area contributed by atoms with Gasteiger partial charge in [0, 0.05) is 16.5 Å². The fourth-order valence-corrected chi connectivity index (χ4v) is 2.96. The van der Waals surface area contributed by atoms with Gasteiger partial charge in [0.05, 0.1) is 6.61 Å². The molecule has 0 saturated heterocycles. The maximum absolute atomic E-state index is 14.5. The number of benzene rings is 1. The first-order valence-corrected chi connectivity index (χ1v) is 8.95. The SMILES string of the molecule is CCOC(=O)C(NC(=O)OC(C)(C)C)C(c1c(F)cccc1Cl)C(C)C. The summed E-state index contributed by atoms with van der Waals surface area (Å²) in [4.78, 5) is 24.8. The molecule has 5 nitrogen and oxygen atoms in total. The Morgan fingerprint density at radius 1 is 1.27 bits per heavy atom. The van der Waals surface area contributed by atoms with Crippen molar-refractivity contribution in [2.24, 2.45) is 5.92 Å². The first-order valence-electron chi connectivity index (χ1n) is 8.58. The van der Waals surface area contributed by atoms with Crippen molar-refractivity contribution < 1.29 is 23.5 Å². The number of esters is 1. The highest BCUT2D eigenvalue weighted by atomic mass is 35.5. The van der Waals surface area contributed by atoms with Crippen LogP contribution in [0.3, 0.4) is 0 Å². The first-order chi connectivity index (χ1) is 12.0. The molecule has 0 aliphatic rings. The lowest BCUT2D eigenvalue weighted by Crippen LogP contribution is -2.49. The Balaban J connectivity index is 3.31. The van der Waals surface area contributed by atoms with E-state index in [1.165, 1.54) is 12.1 Å². The Morgan fingerprint density at radius 3 is 2.35 bits per heavy atom. The number of rotatable bonds is 6. The molecule has 0 saturated carbocycles. The van der Waals surface area contributed by atoms with E-state index in [0.29, 0.717) is 0 Å². The van der Waals surface area contributed by atoms with E-state index in [1.54, 1.807) is 33.8 Å². The van der Waals surface area contributed by atoms with E-state index in [9.17, 15) is 14.0 Å². The smallest absolute Gasteiger partial charge is 0.408 e. The van der Waals surface area contributed by atoms with Gasteiger partial charge in [-0.1, -0.05) is 31.5 Å². The van der Waals surface area contributed by atoms with Crippen LogP contribution in [0.2, 0.25) is 5.02 Å². The molecule has 146 valence electrons. The van der Waals surface area contributed by atoms with Crippen molar-refractivity contribution in [1.29, 1.82) is 0 Å². The van der Waals surface area contributed by atoms with E-state index >= 15 is 0 Å². The molecule has 0 aromatic heterocycles. The summed E-state index contributed by atoms with van der Waals surface area (Å²) in [5.74, 6) is -2.16. The van der Waals surface area contributed by atoms with Crippen molar-refractivity contribution in [1.82, 2.24) is 5.32 Å². The third-order valence-electron chi connectivity index (χ3n) is 3.62. The summed E-state index contributed by atoms with van der Waals surface area (Å²) < 4.78 is 24.8. The van der Waals surface area contributed by atoms with Crippen LogP contribution < -0.4 is 5.32 Å².